The average Bonchev–Trinajstić information content (AvgIpc) is 2.48. The zero-order valence-electron chi connectivity index (χ0n) is 12.1. The van der Waals surface area contributed by atoms with Gasteiger partial charge in [0, 0.05) is 11.9 Å². The fraction of sp³-hybridized carbons (Fsp3) is 0.375. The van der Waals surface area contributed by atoms with E-state index in [9.17, 15) is 9.90 Å². The van der Waals surface area contributed by atoms with E-state index in [2.05, 4.69) is 16.8 Å². The number of aromatic nitrogens is 1. The highest BCUT2D eigenvalue weighted by Crippen LogP contribution is 2.29. The molecule has 1 N–H and O–H groups in total. The van der Waals surface area contributed by atoms with Crippen molar-refractivity contribution in [2.24, 2.45) is 0 Å². The molecule has 0 amide bonds. The standard InChI is InChI=1S/C16H18N2O3/c1-10-9-21-11(2)8-18(10)15-13-6-4-3-5-12(13)7-14(17-15)16(19)20/h3-7,10-11H,8-9H2,1-2H3,(H,19,20). The average molecular weight is 286 g/mol. The Balaban J connectivity index is 2.17. The number of hydrogen-bond acceptors (Lipinski definition) is 4. The van der Waals surface area contributed by atoms with E-state index in [1.165, 1.54) is 0 Å². The molecule has 1 fully saturated rings. The minimum absolute atomic E-state index is 0.0787. The van der Waals surface area contributed by atoms with E-state index in [1.54, 1.807) is 6.07 Å². The highest BCUT2D eigenvalue weighted by Gasteiger charge is 2.26. The van der Waals surface area contributed by atoms with Crippen LogP contribution >= 0.6 is 0 Å². The summed E-state index contributed by atoms with van der Waals surface area (Å²) in [5, 5.41) is 11.1. The van der Waals surface area contributed by atoms with Crippen molar-refractivity contribution in [3.8, 4) is 0 Å². The van der Waals surface area contributed by atoms with Gasteiger partial charge in [0.2, 0.25) is 0 Å². The maximum atomic E-state index is 11.3. The minimum atomic E-state index is -1.00. The monoisotopic (exact) mass is 286 g/mol. The lowest BCUT2D eigenvalue weighted by molar-refractivity contribution is 0.0341. The van der Waals surface area contributed by atoms with Gasteiger partial charge in [-0.3, -0.25) is 0 Å². The Kier molecular flexibility index (Phi) is 3.51. The summed E-state index contributed by atoms with van der Waals surface area (Å²) in [5.41, 5.74) is 0.0787. The molecule has 21 heavy (non-hydrogen) atoms. The number of rotatable bonds is 2. The van der Waals surface area contributed by atoms with Crippen molar-refractivity contribution in [3.63, 3.8) is 0 Å². The van der Waals surface area contributed by atoms with Crippen molar-refractivity contribution >= 4 is 22.6 Å². The highest BCUT2D eigenvalue weighted by molar-refractivity contribution is 5.98. The molecular weight excluding hydrogens is 268 g/mol. The molecule has 2 atom stereocenters. The van der Waals surface area contributed by atoms with Gasteiger partial charge in [0.1, 0.15) is 5.82 Å². The van der Waals surface area contributed by atoms with Crippen LogP contribution in [-0.2, 0) is 4.74 Å². The first-order chi connectivity index (χ1) is 10.1. The number of pyridine rings is 1. The molecule has 0 saturated carbocycles. The Bertz CT molecular complexity index is 686. The second-order valence-corrected chi connectivity index (χ2v) is 5.50. The molecule has 2 aromatic rings. The first-order valence-electron chi connectivity index (χ1n) is 7.07. The molecule has 0 bridgehead atoms. The normalized spacial score (nSPS) is 22.5. The van der Waals surface area contributed by atoms with E-state index in [1.807, 2.05) is 31.2 Å². The summed E-state index contributed by atoms with van der Waals surface area (Å²) in [6.45, 7) is 5.41. The molecule has 5 nitrogen and oxygen atoms in total. The van der Waals surface area contributed by atoms with Gasteiger partial charge >= 0.3 is 5.97 Å². The first kappa shape index (κ1) is 13.8. The molecule has 3 rings (SSSR count). The summed E-state index contributed by atoms with van der Waals surface area (Å²) in [5.74, 6) is -0.274. The van der Waals surface area contributed by atoms with Crippen LogP contribution in [0.2, 0.25) is 0 Å². The van der Waals surface area contributed by atoms with Crippen LogP contribution in [0.1, 0.15) is 24.3 Å². The van der Waals surface area contributed by atoms with E-state index in [0.717, 1.165) is 16.6 Å². The summed E-state index contributed by atoms with van der Waals surface area (Å²) >= 11 is 0. The zero-order valence-corrected chi connectivity index (χ0v) is 12.1. The second-order valence-electron chi connectivity index (χ2n) is 5.50. The number of nitrogens with zero attached hydrogens (tertiary/aromatic N) is 2. The fourth-order valence-electron chi connectivity index (χ4n) is 2.71. The Morgan fingerprint density at radius 2 is 2.14 bits per heavy atom. The summed E-state index contributed by atoms with van der Waals surface area (Å²) in [6.07, 6.45) is 0.107. The van der Waals surface area contributed by atoms with E-state index < -0.39 is 5.97 Å². The lowest BCUT2D eigenvalue weighted by Gasteiger charge is -2.38. The van der Waals surface area contributed by atoms with Crippen molar-refractivity contribution in [3.05, 3.63) is 36.0 Å². The van der Waals surface area contributed by atoms with E-state index >= 15 is 0 Å². The van der Waals surface area contributed by atoms with Crippen LogP contribution in [0, 0.1) is 0 Å². The topological polar surface area (TPSA) is 62.7 Å². The fourth-order valence-corrected chi connectivity index (χ4v) is 2.71. The molecule has 0 radical (unpaired) electrons. The molecule has 1 saturated heterocycles. The molecule has 0 aliphatic carbocycles. The third-order valence-corrected chi connectivity index (χ3v) is 3.82. The third kappa shape index (κ3) is 2.56. The van der Waals surface area contributed by atoms with Crippen molar-refractivity contribution < 1.29 is 14.6 Å². The number of anilines is 1. The predicted octanol–water partition coefficient (Wildman–Crippen LogP) is 2.55. The number of carboxylic acids is 1. The van der Waals surface area contributed by atoms with E-state index in [-0.39, 0.29) is 17.8 Å². The van der Waals surface area contributed by atoms with Crippen LogP contribution in [0.15, 0.2) is 30.3 Å². The lowest BCUT2D eigenvalue weighted by atomic mass is 10.1. The number of ether oxygens (including phenoxy) is 1. The van der Waals surface area contributed by atoms with Crippen LogP contribution in [0.5, 0.6) is 0 Å². The maximum absolute atomic E-state index is 11.3. The van der Waals surface area contributed by atoms with Crippen molar-refractivity contribution in [1.29, 1.82) is 0 Å². The van der Waals surface area contributed by atoms with Crippen molar-refractivity contribution in [2.75, 3.05) is 18.1 Å². The predicted molar refractivity (Wildman–Crippen MR) is 80.9 cm³/mol. The largest absolute Gasteiger partial charge is 0.477 e. The van der Waals surface area contributed by atoms with Gasteiger partial charge in [-0.1, -0.05) is 24.3 Å². The maximum Gasteiger partial charge on any atom is 0.354 e. The SMILES string of the molecule is CC1CN(c2nc(C(=O)O)cc3ccccc23)C(C)CO1. The number of carbonyl (C=O) groups is 1. The van der Waals surface area contributed by atoms with E-state index in [4.69, 9.17) is 4.74 Å². The first-order valence-corrected chi connectivity index (χ1v) is 7.07. The van der Waals surface area contributed by atoms with Gasteiger partial charge in [-0.05, 0) is 25.3 Å². The molecule has 1 aliphatic rings. The number of carboxylic acid groups (broad SMARTS) is 1. The number of morpholine rings is 1. The van der Waals surface area contributed by atoms with Crippen LogP contribution < -0.4 is 4.90 Å². The molecule has 1 aliphatic heterocycles. The number of fused-ring (bicyclic) bond motifs is 1. The second kappa shape index (κ2) is 5.33. The Hall–Kier alpha value is -2.14. The molecule has 2 heterocycles. The van der Waals surface area contributed by atoms with Gasteiger partial charge in [-0.2, -0.15) is 0 Å². The molecule has 2 unspecified atom stereocenters. The van der Waals surface area contributed by atoms with Gasteiger partial charge in [0.15, 0.2) is 5.69 Å². The van der Waals surface area contributed by atoms with Gasteiger partial charge in [-0.15, -0.1) is 0 Å². The molecule has 0 spiro atoms. The van der Waals surface area contributed by atoms with Crippen LogP contribution in [0.3, 0.4) is 0 Å². The lowest BCUT2D eigenvalue weighted by Crippen LogP contribution is -2.48. The smallest absolute Gasteiger partial charge is 0.354 e. The van der Waals surface area contributed by atoms with Crippen LogP contribution in [0.25, 0.3) is 10.8 Å². The molecular formula is C16H18N2O3. The van der Waals surface area contributed by atoms with Crippen LogP contribution in [-0.4, -0.2) is 41.4 Å². The molecule has 110 valence electrons. The molecule has 1 aromatic heterocycles. The summed E-state index contributed by atoms with van der Waals surface area (Å²) in [4.78, 5) is 17.8. The van der Waals surface area contributed by atoms with Gasteiger partial charge < -0.3 is 14.7 Å². The van der Waals surface area contributed by atoms with Crippen molar-refractivity contribution in [2.45, 2.75) is 26.0 Å². The highest BCUT2D eigenvalue weighted by atomic mass is 16.5. The number of benzene rings is 1. The van der Waals surface area contributed by atoms with Gasteiger partial charge in [-0.25, -0.2) is 9.78 Å². The summed E-state index contributed by atoms with van der Waals surface area (Å²) in [6, 6.07) is 9.54. The van der Waals surface area contributed by atoms with Gasteiger partial charge in [0.25, 0.3) is 0 Å². The molecule has 5 heteroatoms. The number of aromatic carboxylic acids is 1. The van der Waals surface area contributed by atoms with E-state index in [0.29, 0.717) is 13.2 Å². The Morgan fingerprint density at radius 1 is 1.38 bits per heavy atom. The van der Waals surface area contributed by atoms with Gasteiger partial charge in [0.05, 0.1) is 18.8 Å². The van der Waals surface area contributed by atoms with Crippen LogP contribution in [0.4, 0.5) is 5.82 Å². The summed E-state index contributed by atoms with van der Waals surface area (Å²) < 4.78 is 5.65. The molecule has 1 aromatic carbocycles. The third-order valence-electron chi connectivity index (χ3n) is 3.82. The Morgan fingerprint density at radius 3 is 2.90 bits per heavy atom. The number of hydrogen-bond donors (Lipinski definition) is 1. The Labute approximate surface area is 123 Å². The zero-order chi connectivity index (χ0) is 15.0. The minimum Gasteiger partial charge on any atom is -0.477 e. The van der Waals surface area contributed by atoms with Crippen molar-refractivity contribution in [1.82, 2.24) is 4.98 Å². The quantitative estimate of drug-likeness (QED) is 0.919. The summed E-state index contributed by atoms with van der Waals surface area (Å²) in [7, 11) is 0.